The number of nitro groups is 1. The number of amides is 1. The third-order valence-corrected chi connectivity index (χ3v) is 10.2. The van der Waals surface area contributed by atoms with Gasteiger partial charge in [0.05, 0.1) is 15.4 Å². The van der Waals surface area contributed by atoms with E-state index in [4.69, 9.17) is 0 Å². The molecule has 5 aliphatic rings. The lowest BCUT2D eigenvalue weighted by molar-refractivity contribution is -0.385. The topological polar surface area (TPSA) is 130 Å². The summed E-state index contributed by atoms with van der Waals surface area (Å²) in [6.07, 6.45) is 5.16. The quantitative estimate of drug-likeness (QED) is 0.509. The van der Waals surface area contributed by atoms with Crippen molar-refractivity contribution in [3.63, 3.8) is 0 Å². The van der Waals surface area contributed by atoms with E-state index in [1.807, 2.05) is 0 Å². The van der Waals surface area contributed by atoms with Gasteiger partial charge in [-0.25, -0.2) is 8.42 Å². The Morgan fingerprint density at radius 3 is 2.56 bits per heavy atom. The highest BCUT2D eigenvalue weighted by atomic mass is 32.2. The van der Waals surface area contributed by atoms with Gasteiger partial charge in [-0.15, -0.1) is 0 Å². The van der Waals surface area contributed by atoms with E-state index >= 15 is 0 Å². The zero-order chi connectivity index (χ0) is 22.9. The average molecular weight is 464 g/mol. The first-order chi connectivity index (χ1) is 15.0. The minimum Gasteiger partial charge on any atom is -0.390 e. The van der Waals surface area contributed by atoms with Crippen molar-refractivity contribution in [1.82, 2.24) is 9.62 Å². The van der Waals surface area contributed by atoms with Gasteiger partial charge in [0, 0.05) is 24.7 Å². The number of nitrogens with one attached hydrogen (secondary N) is 1. The van der Waals surface area contributed by atoms with E-state index in [0.717, 1.165) is 25.3 Å². The molecule has 1 amide bonds. The molecule has 1 aromatic carbocycles. The summed E-state index contributed by atoms with van der Waals surface area (Å²) in [5, 5.41) is 25.1. The Morgan fingerprint density at radius 1 is 1.25 bits per heavy atom. The van der Waals surface area contributed by atoms with Gasteiger partial charge < -0.3 is 10.4 Å². The fourth-order valence-corrected chi connectivity index (χ4v) is 8.81. The van der Waals surface area contributed by atoms with Crippen LogP contribution < -0.4 is 5.32 Å². The first-order valence-corrected chi connectivity index (χ1v) is 12.8. The van der Waals surface area contributed by atoms with E-state index in [1.54, 1.807) is 6.92 Å². The smallest absolute Gasteiger partial charge is 0.270 e. The van der Waals surface area contributed by atoms with Crippen LogP contribution in [0.2, 0.25) is 0 Å². The predicted molar refractivity (Wildman–Crippen MR) is 115 cm³/mol. The van der Waals surface area contributed by atoms with Crippen LogP contribution in [0, 0.1) is 27.9 Å². The van der Waals surface area contributed by atoms with Gasteiger partial charge >= 0.3 is 0 Å². The minimum atomic E-state index is -4.09. The number of rotatable bonds is 5. The Labute approximate surface area is 187 Å². The molecule has 6 rings (SSSR count). The molecule has 2 unspecified atom stereocenters. The van der Waals surface area contributed by atoms with Crippen molar-refractivity contribution >= 4 is 21.6 Å². The second kappa shape index (κ2) is 7.23. The van der Waals surface area contributed by atoms with Crippen molar-refractivity contribution in [2.75, 3.05) is 6.54 Å². The molecule has 2 N–H and O–H groups in total. The van der Waals surface area contributed by atoms with E-state index in [-0.39, 0.29) is 40.9 Å². The van der Waals surface area contributed by atoms with Crippen molar-refractivity contribution in [1.29, 1.82) is 0 Å². The number of sulfonamides is 1. The second-order valence-electron chi connectivity index (χ2n) is 10.4. The van der Waals surface area contributed by atoms with Gasteiger partial charge in [-0.2, -0.15) is 4.31 Å². The lowest BCUT2D eigenvalue weighted by Crippen LogP contribution is -2.65. The first kappa shape index (κ1) is 21.8. The fraction of sp³-hybridized carbons (Fsp3) is 0.682. The maximum atomic E-state index is 13.5. The van der Waals surface area contributed by atoms with Crippen LogP contribution in [-0.4, -0.2) is 52.4 Å². The molecule has 1 aliphatic heterocycles. The van der Waals surface area contributed by atoms with Crippen molar-refractivity contribution in [3.05, 3.63) is 34.4 Å². The molecule has 0 aromatic heterocycles. The number of nitrogens with zero attached hydrogens (tertiary/aromatic N) is 2. The normalized spacial score (nSPS) is 38.7. The zero-order valence-corrected chi connectivity index (χ0v) is 18.9. The van der Waals surface area contributed by atoms with Gasteiger partial charge in [-0.1, -0.05) is 6.07 Å². The average Bonchev–Trinajstić information content (AvgIpc) is 3.13. The van der Waals surface area contributed by atoms with Gasteiger partial charge in [-0.3, -0.25) is 14.9 Å². The van der Waals surface area contributed by atoms with E-state index < -0.39 is 26.1 Å². The summed E-state index contributed by atoms with van der Waals surface area (Å²) in [6.45, 7) is 1.84. The van der Waals surface area contributed by atoms with Crippen LogP contribution in [0.1, 0.15) is 51.9 Å². The molecule has 4 bridgehead atoms. The first-order valence-electron chi connectivity index (χ1n) is 11.3. The number of carbonyl (C=O) groups is 1. The van der Waals surface area contributed by atoms with Crippen LogP contribution in [0.4, 0.5) is 5.69 Å². The van der Waals surface area contributed by atoms with Crippen LogP contribution in [-0.2, 0) is 14.8 Å². The lowest BCUT2D eigenvalue weighted by atomic mass is 9.52. The van der Waals surface area contributed by atoms with Crippen LogP contribution in [0.15, 0.2) is 29.2 Å². The number of benzene rings is 1. The Balaban J connectivity index is 1.39. The van der Waals surface area contributed by atoms with Crippen molar-refractivity contribution in [3.8, 4) is 0 Å². The molecular weight excluding hydrogens is 434 g/mol. The number of non-ortho nitro benzene ring substituents is 1. The zero-order valence-electron chi connectivity index (χ0n) is 18.1. The van der Waals surface area contributed by atoms with Crippen LogP contribution in [0.3, 0.4) is 0 Å². The second-order valence-corrected chi connectivity index (χ2v) is 12.3. The van der Waals surface area contributed by atoms with Crippen LogP contribution >= 0.6 is 0 Å². The molecule has 0 spiro atoms. The van der Waals surface area contributed by atoms with Gasteiger partial charge in [0.15, 0.2) is 0 Å². The highest BCUT2D eigenvalue weighted by molar-refractivity contribution is 7.89. The van der Waals surface area contributed by atoms with E-state index in [0.29, 0.717) is 31.6 Å². The standard InChI is InChI=1S/C22H29N3O6S/c1-21(20(26)23-19-15-8-14-9-16(19)13-22(27,11-14)12-15)6-3-7-24(21)32(30,31)18-5-2-4-17(10-18)25(28)29/h2,4-5,10,14-16,19,27H,3,6-9,11-13H2,1H3,(H,23,26)/t14?,15?,16?,19?,21-,22?/m1/s1. The lowest BCUT2D eigenvalue weighted by Gasteiger charge is -2.58. The fourth-order valence-electron chi connectivity index (χ4n) is 6.96. The molecule has 4 saturated carbocycles. The third kappa shape index (κ3) is 3.34. The molecule has 1 saturated heterocycles. The molecule has 3 atom stereocenters. The molecule has 174 valence electrons. The van der Waals surface area contributed by atoms with E-state index in [1.165, 1.54) is 22.5 Å². The summed E-state index contributed by atoms with van der Waals surface area (Å²) in [6, 6.07) is 4.92. The summed E-state index contributed by atoms with van der Waals surface area (Å²) in [5.41, 5.74) is -2.16. The maximum Gasteiger partial charge on any atom is 0.270 e. The molecule has 5 fully saturated rings. The monoisotopic (exact) mass is 463 g/mol. The highest BCUT2D eigenvalue weighted by Crippen LogP contribution is 2.55. The molecule has 32 heavy (non-hydrogen) atoms. The van der Waals surface area contributed by atoms with Crippen LogP contribution in [0.5, 0.6) is 0 Å². The largest absolute Gasteiger partial charge is 0.390 e. The van der Waals surface area contributed by atoms with Gasteiger partial charge in [0.25, 0.3) is 5.69 Å². The maximum absolute atomic E-state index is 13.5. The van der Waals surface area contributed by atoms with Crippen molar-refractivity contribution in [2.45, 2.75) is 73.9 Å². The molecular formula is C22H29N3O6S. The molecule has 9 nitrogen and oxygen atoms in total. The molecule has 1 aromatic rings. The SMILES string of the molecule is C[C@]1(C(=O)NC2C3CC4CC2CC(O)(C4)C3)CCCN1S(=O)(=O)c1cccc([N+](=O)[O-])c1. The van der Waals surface area contributed by atoms with Gasteiger partial charge in [0.2, 0.25) is 15.9 Å². The van der Waals surface area contributed by atoms with Gasteiger partial charge in [0.1, 0.15) is 5.54 Å². The summed E-state index contributed by atoms with van der Waals surface area (Å²) in [4.78, 5) is 23.8. The van der Waals surface area contributed by atoms with Crippen molar-refractivity contribution in [2.24, 2.45) is 17.8 Å². The Bertz CT molecular complexity index is 1060. The summed E-state index contributed by atoms with van der Waals surface area (Å²) >= 11 is 0. The number of aliphatic hydroxyl groups is 1. The summed E-state index contributed by atoms with van der Waals surface area (Å²) in [5.74, 6) is 0.649. The molecule has 0 radical (unpaired) electrons. The van der Waals surface area contributed by atoms with Crippen LogP contribution in [0.25, 0.3) is 0 Å². The Kier molecular flexibility index (Phi) is 4.92. The number of hydrogen-bond acceptors (Lipinski definition) is 6. The van der Waals surface area contributed by atoms with E-state index in [2.05, 4.69) is 5.32 Å². The third-order valence-electron chi connectivity index (χ3n) is 8.22. The summed E-state index contributed by atoms with van der Waals surface area (Å²) in [7, 11) is -4.09. The number of hydrogen-bond donors (Lipinski definition) is 2. The Hall–Kier alpha value is -2.04. The number of nitro benzene ring substituents is 1. The van der Waals surface area contributed by atoms with E-state index in [9.17, 15) is 28.4 Å². The minimum absolute atomic E-state index is 0.0425. The van der Waals surface area contributed by atoms with Gasteiger partial charge in [-0.05, 0) is 75.7 Å². The molecule has 1 heterocycles. The van der Waals surface area contributed by atoms with Crippen molar-refractivity contribution < 1.29 is 23.2 Å². The number of carbonyl (C=O) groups excluding carboxylic acids is 1. The molecule has 4 aliphatic carbocycles. The molecule has 10 heteroatoms. The predicted octanol–water partition coefficient (Wildman–Crippen LogP) is 2.19. The highest BCUT2D eigenvalue weighted by Gasteiger charge is 2.57. The summed E-state index contributed by atoms with van der Waals surface area (Å²) < 4.78 is 28.0. The Morgan fingerprint density at radius 2 is 1.94 bits per heavy atom.